The predicted octanol–water partition coefficient (Wildman–Crippen LogP) is 4.65. The topological polar surface area (TPSA) is 115 Å². The fraction of sp³-hybridized carbons (Fsp3) is 0.581. The summed E-state index contributed by atoms with van der Waals surface area (Å²) in [6.07, 6.45) is -3.92. The molecular formula is C31H39F4N7O5. The van der Waals surface area contributed by atoms with E-state index in [0.29, 0.717) is 0 Å². The summed E-state index contributed by atoms with van der Waals surface area (Å²) in [5, 5.41) is 0. The van der Waals surface area contributed by atoms with Crippen LogP contribution in [0.4, 0.5) is 28.2 Å². The maximum Gasteiger partial charge on any atom is 0.450 e. The van der Waals surface area contributed by atoms with E-state index in [9.17, 15) is 22.8 Å². The van der Waals surface area contributed by atoms with Crippen LogP contribution in [0, 0.1) is 5.82 Å². The number of fused-ring (bicyclic) bond motifs is 1. The molecule has 2 aliphatic rings. The Morgan fingerprint density at radius 1 is 1.04 bits per heavy atom. The first-order valence-electron chi connectivity index (χ1n) is 15.3. The minimum absolute atomic E-state index is 0.0398. The van der Waals surface area contributed by atoms with Gasteiger partial charge in [0, 0.05) is 31.2 Å². The molecule has 0 saturated carbocycles. The van der Waals surface area contributed by atoms with Crippen molar-refractivity contribution in [2.24, 2.45) is 0 Å². The molecule has 2 fully saturated rings. The normalized spacial score (nSPS) is 21.0. The van der Waals surface area contributed by atoms with Crippen LogP contribution < -0.4 is 19.9 Å². The Bertz CT molecular complexity index is 1700. The number of hydrogen-bond acceptors (Lipinski definition) is 10. The van der Waals surface area contributed by atoms with Crippen LogP contribution in [0.1, 0.15) is 53.3 Å². The zero-order valence-corrected chi connectivity index (χ0v) is 27.4. The van der Waals surface area contributed by atoms with Crippen molar-refractivity contribution in [2.75, 3.05) is 45.3 Å². The highest BCUT2D eigenvalue weighted by Crippen LogP contribution is 2.36. The van der Waals surface area contributed by atoms with E-state index < -0.39 is 63.9 Å². The van der Waals surface area contributed by atoms with Crippen LogP contribution in [0.25, 0.3) is 16.7 Å². The van der Waals surface area contributed by atoms with Gasteiger partial charge < -0.3 is 28.9 Å². The minimum Gasteiger partial charge on any atom is -0.494 e. The van der Waals surface area contributed by atoms with Crippen molar-refractivity contribution in [3.05, 3.63) is 40.2 Å². The molecule has 12 nitrogen and oxygen atoms in total. The number of hydrogen-bond donors (Lipinski definition) is 0. The number of carbonyl (C=O) groups is 1. The van der Waals surface area contributed by atoms with Crippen LogP contribution in [0.3, 0.4) is 0 Å². The van der Waals surface area contributed by atoms with Crippen LogP contribution in [-0.4, -0.2) is 99.5 Å². The molecular weight excluding hydrogens is 626 g/mol. The highest BCUT2D eigenvalue weighted by atomic mass is 19.4. The molecule has 256 valence electrons. The molecule has 2 saturated heterocycles. The number of para-hydroxylation sites is 1. The molecule has 0 unspecified atom stereocenters. The van der Waals surface area contributed by atoms with Gasteiger partial charge in [0.25, 0.3) is 5.56 Å². The van der Waals surface area contributed by atoms with Gasteiger partial charge in [-0.3, -0.25) is 4.79 Å². The van der Waals surface area contributed by atoms with Gasteiger partial charge in [-0.25, -0.2) is 18.7 Å². The summed E-state index contributed by atoms with van der Waals surface area (Å²) in [4.78, 5) is 45.0. The second-order valence-corrected chi connectivity index (χ2v) is 13.0. The Kier molecular flexibility index (Phi) is 9.27. The SMILES string of the molecule is COc1cccc(F)c1-n1c(C(F)(F)F)nc2c(N3[C@@H](C)CN(C(=O)OC(C)(C)C)C[C@@H]3C)nc(OC[C@@H]3CCCN3C)nc2c1=O. The van der Waals surface area contributed by atoms with Gasteiger partial charge in [-0.2, -0.15) is 23.1 Å². The van der Waals surface area contributed by atoms with Gasteiger partial charge in [0.15, 0.2) is 17.2 Å². The molecule has 3 aromatic rings. The van der Waals surface area contributed by atoms with Gasteiger partial charge in [0.05, 0.1) is 7.11 Å². The summed E-state index contributed by atoms with van der Waals surface area (Å²) in [6, 6.07) is 2.18. The van der Waals surface area contributed by atoms with Crippen molar-refractivity contribution in [3.8, 4) is 17.4 Å². The number of halogens is 4. The second-order valence-electron chi connectivity index (χ2n) is 13.0. The molecule has 0 aliphatic carbocycles. The number of nitrogens with zero attached hydrogens (tertiary/aromatic N) is 7. The monoisotopic (exact) mass is 665 g/mol. The summed E-state index contributed by atoms with van der Waals surface area (Å²) in [6.45, 7) is 10.1. The summed E-state index contributed by atoms with van der Waals surface area (Å²) >= 11 is 0. The number of alkyl halides is 3. The van der Waals surface area contributed by atoms with Crippen molar-refractivity contribution in [1.82, 2.24) is 29.3 Å². The Labute approximate surface area is 269 Å². The Balaban J connectivity index is 1.70. The summed E-state index contributed by atoms with van der Waals surface area (Å²) in [7, 11) is 3.10. The van der Waals surface area contributed by atoms with E-state index in [-0.39, 0.29) is 47.9 Å². The van der Waals surface area contributed by atoms with E-state index >= 15 is 4.39 Å². The first-order chi connectivity index (χ1) is 22.0. The first-order valence-corrected chi connectivity index (χ1v) is 15.3. The van der Waals surface area contributed by atoms with Gasteiger partial charge in [-0.15, -0.1) is 0 Å². The van der Waals surface area contributed by atoms with Crippen molar-refractivity contribution < 1.29 is 36.6 Å². The number of amides is 1. The molecule has 4 heterocycles. The number of anilines is 1. The molecule has 2 aliphatic heterocycles. The highest BCUT2D eigenvalue weighted by Gasteiger charge is 2.42. The molecule has 0 spiro atoms. The zero-order valence-electron chi connectivity index (χ0n) is 27.4. The fourth-order valence-electron chi connectivity index (χ4n) is 6.13. The molecule has 16 heteroatoms. The maximum absolute atomic E-state index is 15.2. The zero-order chi connectivity index (χ0) is 34.4. The summed E-state index contributed by atoms with van der Waals surface area (Å²) < 4.78 is 76.1. The smallest absolute Gasteiger partial charge is 0.450 e. The number of carbonyl (C=O) groups excluding carboxylic acids is 1. The number of rotatable bonds is 6. The first kappa shape index (κ1) is 34.1. The van der Waals surface area contributed by atoms with E-state index in [1.807, 2.05) is 7.05 Å². The van der Waals surface area contributed by atoms with Gasteiger partial charge in [0.2, 0.25) is 5.82 Å². The van der Waals surface area contributed by atoms with Crippen LogP contribution in [0.15, 0.2) is 23.0 Å². The van der Waals surface area contributed by atoms with E-state index in [1.165, 1.54) is 17.0 Å². The lowest BCUT2D eigenvalue weighted by Crippen LogP contribution is -2.59. The van der Waals surface area contributed by atoms with E-state index in [4.69, 9.17) is 14.2 Å². The van der Waals surface area contributed by atoms with Crippen molar-refractivity contribution in [3.63, 3.8) is 0 Å². The summed E-state index contributed by atoms with van der Waals surface area (Å²) in [5.41, 5.74) is -3.72. The van der Waals surface area contributed by atoms with Gasteiger partial charge in [-0.05, 0) is 73.2 Å². The predicted molar refractivity (Wildman–Crippen MR) is 165 cm³/mol. The third-order valence-corrected chi connectivity index (χ3v) is 8.22. The number of aromatic nitrogens is 4. The molecule has 0 N–H and O–H groups in total. The van der Waals surface area contributed by atoms with Crippen molar-refractivity contribution in [2.45, 2.75) is 77.4 Å². The van der Waals surface area contributed by atoms with Crippen LogP contribution in [0.2, 0.25) is 0 Å². The van der Waals surface area contributed by atoms with Gasteiger partial charge >= 0.3 is 18.3 Å². The number of ether oxygens (including phenoxy) is 3. The van der Waals surface area contributed by atoms with Crippen molar-refractivity contribution >= 4 is 22.9 Å². The lowest BCUT2D eigenvalue weighted by molar-refractivity contribution is -0.146. The largest absolute Gasteiger partial charge is 0.494 e. The maximum atomic E-state index is 15.2. The number of piperazine rings is 1. The van der Waals surface area contributed by atoms with Crippen LogP contribution in [-0.2, 0) is 10.9 Å². The van der Waals surface area contributed by atoms with Crippen molar-refractivity contribution in [1.29, 1.82) is 0 Å². The lowest BCUT2D eigenvalue weighted by atomic mass is 10.1. The quantitative estimate of drug-likeness (QED) is 0.345. The van der Waals surface area contributed by atoms with E-state index in [0.717, 1.165) is 32.6 Å². The lowest BCUT2D eigenvalue weighted by Gasteiger charge is -2.45. The van der Waals surface area contributed by atoms with Gasteiger partial charge in [-0.1, -0.05) is 6.07 Å². The molecule has 3 atom stereocenters. The molecule has 47 heavy (non-hydrogen) atoms. The fourth-order valence-corrected chi connectivity index (χ4v) is 6.13. The molecule has 0 radical (unpaired) electrons. The second kappa shape index (κ2) is 12.8. The molecule has 2 aromatic heterocycles. The standard InChI is InChI=1S/C31H39F4N7O5/c1-17-14-40(29(44)47-30(3,4)5)15-18(2)41(17)25-22-23(37-28(38-25)46-16-19-10-9-13-39(19)6)26(43)42(27(36-22)31(33,34)35)24-20(32)11-8-12-21(24)45-7/h8,11-12,17-19H,9-10,13-16H2,1-7H3/t17-,18-,19-/m0/s1. The Hall–Kier alpha value is -4.21. The number of likely N-dealkylation sites (tertiary alicyclic amines) is 1. The number of benzene rings is 1. The number of likely N-dealkylation sites (N-methyl/N-ethyl adjacent to an activating group) is 1. The Morgan fingerprint density at radius 3 is 2.30 bits per heavy atom. The van der Waals surface area contributed by atoms with Crippen LogP contribution in [0.5, 0.6) is 11.8 Å². The Morgan fingerprint density at radius 2 is 1.72 bits per heavy atom. The highest BCUT2D eigenvalue weighted by molar-refractivity contribution is 5.86. The van der Waals surface area contributed by atoms with E-state index in [1.54, 1.807) is 39.5 Å². The molecule has 1 aromatic carbocycles. The molecule has 1 amide bonds. The third kappa shape index (κ3) is 6.92. The third-order valence-electron chi connectivity index (χ3n) is 8.22. The average Bonchev–Trinajstić information content (AvgIpc) is 3.39. The average molecular weight is 666 g/mol. The minimum atomic E-state index is -5.20. The van der Waals surface area contributed by atoms with Crippen LogP contribution >= 0.6 is 0 Å². The summed E-state index contributed by atoms with van der Waals surface area (Å²) in [5.74, 6) is -3.20. The molecule has 5 rings (SSSR count). The van der Waals surface area contributed by atoms with E-state index in [2.05, 4.69) is 19.9 Å². The van der Waals surface area contributed by atoms with Gasteiger partial charge in [0.1, 0.15) is 29.2 Å². The molecule has 0 bridgehead atoms. The number of methoxy groups -OCH3 is 1.